The molecular formula is C13H17NO4. The second kappa shape index (κ2) is 9.18. The van der Waals surface area contributed by atoms with Crippen molar-refractivity contribution in [1.29, 1.82) is 0 Å². The topological polar surface area (TPSA) is 64.6 Å². The van der Waals surface area contributed by atoms with Gasteiger partial charge in [0.25, 0.3) is 0 Å². The Morgan fingerprint density at radius 1 is 1.22 bits per heavy atom. The van der Waals surface area contributed by atoms with Crippen molar-refractivity contribution in [3.8, 4) is 0 Å². The van der Waals surface area contributed by atoms with E-state index in [1.165, 1.54) is 0 Å². The molecule has 98 valence electrons. The van der Waals surface area contributed by atoms with Crippen molar-refractivity contribution < 1.29 is 19.1 Å². The van der Waals surface area contributed by atoms with Crippen LogP contribution in [-0.2, 0) is 20.9 Å². The Balaban J connectivity index is 2.02. The van der Waals surface area contributed by atoms with Crippen LogP contribution in [0.5, 0.6) is 0 Å². The van der Waals surface area contributed by atoms with E-state index in [1.807, 2.05) is 30.3 Å². The molecule has 1 N–H and O–H groups in total. The molecule has 1 aromatic rings. The SMILES string of the molecule is O=CCCOCCNC(=O)OCc1ccccc1. The lowest BCUT2D eigenvalue weighted by atomic mass is 10.2. The minimum atomic E-state index is -0.474. The molecule has 0 bridgehead atoms. The van der Waals surface area contributed by atoms with Crippen LogP contribution in [0.3, 0.4) is 0 Å². The van der Waals surface area contributed by atoms with E-state index in [0.29, 0.717) is 26.2 Å². The molecule has 0 aliphatic rings. The highest BCUT2D eigenvalue weighted by Crippen LogP contribution is 2.00. The predicted octanol–water partition coefficient (Wildman–Crippen LogP) is 1.52. The Hall–Kier alpha value is -1.88. The number of alkyl carbamates (subject to hydrolysis) is 1. The summed E-state index contributed by atoms with van der Waals surface area (Å²) in [7, 11) is 0. The van der Waals surface area contributed by atoms with E-state index in [9.17, 15) is 9.59 Å². The molecule has 0 radical (unpaired) electrons. The van der Waals surface area contributed by atoms with Crippen LogP contribution in [-0.4, -0.2) is 32.1 Å². The normalized spacial score (nSPS) is 9.78. The molecule has 0 saturated heterocycles. The Labute approximate surface area is 106 Å². The monoisotopic (exact) mass is 251 g/mol. The van der Waals surface area contributed by atoms with Crippen molar-refractivity contribution in [3.05, 3.63) is 35.9 Å². The van der Waals surface area contributed by atoms with Crippen molar-refractivity contribution in [1.82, 2.24) is 5.32 Å². The summed E-state index contributed by atoms with van der Waals surface area (Å²) in [5, 5.41) is 2.56. The van der Waals surface area contributed by atoms with E-state index in [1.54, 1.807) is 0 Å². The van der Waals surface area contributed by atoms with E-state index in [-0.39, 0.29) is 6.61 Å². The summed E-state index contributed by atoms with van der Waals surface area (Å²) in [6.45, 7) is 1.36. The number of aldehydes is 1. The molecular weight excluding hydrogens is 234 g/mol. The van der Waals surface area contributed by atoms with E-state index < -0.39 is 6.09 Å². The van der Waals surface area contributed by atoms with Crippen LogP contribution in [0, 0.1) is 0 Å². The average Bonchev–Trinajstić information content (AvgIpc) is 2.41. The second-order valence-electron chi connectivity index (χ2n) is 3.56. The zero-order valence-corrected chi connectivity index (χ0v) is 10.1. The zero-order chi connectivity index (χ0) is 13.1. The van der Waals surface area contributed by atoms with Gasteiger partial charge in [0, 0.05) is 13.0 Å². The molecule has 1 rings (SSSR count). The van der Waals surface area contributed by atoms with Crippen LogP contribution < -0.4 is 5.32 Å². The molecule has 0 spiro atoms. The van der Waals surface area contributed by atoms with Gasteiger partial charge >= 0.3 is 6.09 Å². The molecule has 0 atom stereocenters. The fourth-order valence-corrected chi connectivity index (χ4v) is 1.23. The van der Waals surface area contributed by atoms with Gasteiger partial charge in [0.1, 0.15) is 12.9 Å². The van der Waals surface area contributed by atoms with E-state index in [4.69, 9.17) is 9.47 Å². The van der Waals surface area contributed by atoms with Gasteiger partial charge in [-0.15, -0.1) is 0 Å². The first-order valence-corrected chi connectivity index (χ1v) is 5.79. The quantitative estimate of drug-likeness (QED) is 0.562. The van der Waals surface area contributed by atoms with Gasteiger partial charge in [-0.05, 0) is 5.56 Å². The Morgan fingerprint density at radius 2 is 2.00 bits per heavy atom. The maximum absolute atomic E-state index is 11.3. The molecule has 5 nitrogen and oxygen atoms in total. The smallest absolute Gasteiger partial charge is 0.407 e. The summed E-state index contributed by atoms with van der Waals surface area (Å²) in [5.74, 6) is 0. The number of carbonyl (C=O) groups is 2. The Kier molecular flexibility index (Phi) is 7.23. The molecule has 0 heterocycles. The first-order chi connectivity index (χ1) is 8.83. The van der Waals surface area contributed by atoms with Gasteiger partial charge in [-0.1, -0.05) is 30.3 Å². The maximum Gasteiger partial charge on any atom is 0.407 e. The predicted molar refractivity (Wildman–Crippen MR) is 66.1 cm³/mol. The fraction of sp³-hybridized carbons (Fsp3) is 0.385. The van der Waals surface area contributed by atoms with Crippen LogP contribution in [0.25, 0.3) is 0 Å². The molecule has 18 heavy (non-hydrogen) atoms. The van der Waals surface area contributed by atoms with E-state index >= 15 is 0 Å². The van der Waals surface area contributed by atoms with Crippen LogP contribution in [0.1, 0.15) is 12.0 Å². The minimum Gasteiger partial charge on any atom is -0.445 e. The third-order valence-electron chi connectivity index (χ3n) is 2.11. The third kappa shape index (κ3) is 6.65. The van der Waals surface area contributed by atoms with Crippen molar-refractivity contribution in [2.24, 2.45) is 0 Å². The fourth-order valence-electron chi connectivity index (χ4n) is 1.23. The summed E-state index contributed by atoms with van der Waals surface area (Å²) in [4.78, 5) is 21.3. The molecule has 0 aliphatic heterocycles. The number of nitrogens with one attached hydrogen (secondary N) is 1. The number of rotatable bonds is 8. The summed E-state index contributed by atoms with van der Waals surface area (Å²) >= 11 is 0. The second-order valence-corrected chi connectivity index (χ2v) is 3.56. The number of benzene rings is 1. The molecule has 0 fully saturated rings. The van der Waals surface area contributed by atoms with Gasteiger partial charge < -0.3 is 19.6 Å². The largest absolute Gasteiger partial charge is 0.445 e. The number of hydrogen-bond donors (Lipinski definition) is 1. The number of carbonyl (C=O) groups excluding carboxylic acids is 2. The van der Waals surface area contributed by atoms with Crippen molar-refractivity contribution in [2.45, 2.75) is 13.0 Å². The highest BCUT2D eigenvalue weighted by molar-refractivity contribution is 5.67. The lowest BCUT2D eigenvalue weighted by Gasteiger charge is -2.07. The van der Waals surface area contributed by atoms with Crippen LogP contribution >= 0.6 is 0 Å². The van der Waals surface area contributed by atoms with Crippen molar-refractivity contribution in [2.75, 3.05) is 19.8 Å². The zero-order valence-electron chi connectivity index (χ0n) is 10.1. The van der Waals surface area contributed by atoms with Crippen LogP contribution in [0.2, 0.25) is 0 Å². The lowest BCUT2D eigenvalue weighted by molar-refractivity contribution is -0.108. The number of ether oxygens (including phenoxy) is 2. The first-order valence-electron chi connectivity index (χ1n) is 5.79. The highest BCUT2D eigenvalue weighted by atomic mass is 16.5. The number of hydrogen-bond acceptors (Lipinski definition) is 4. The summed E-state index contributed by atoms with van der Waals surface area (Å²) < 4.78 is 10.1. The number of amides is 1. The lowest BCUT2D eigenvalue weighted by Crippen LogP contribution is -2.27. The average molecular weight is 251 g/mol. The summed E-state index contributed by atoms with van der Waals surface area (Å²) in [6, 6.07) is 9.45. The molecule has 0 unspecified atom stereocenters. The Bertz CT molecular complexity index is 353. The van der Waals surface area contributed by atoms with Crippen LogP contribution in [0.4, 0.5) is 4.79 Å². The van der Waals surface area contributed by atoms with Crippen molar-refractivity contribution >= 4 is 12.4 Å². The molecule has 1 aromatic carbocycles. The maximum atomic E-state index is 11.3. The molecule has 5 heteroatoms. The standard InChI is InChI=1S/C13H17NO4/c15-8-4-9-17-10-7-14-13(16)18-11-12-5-2-1-3-6-12/h1-3,5-6,8H,4,7,9-11H2,(H,14,16). The highest BCUT2D eigenvalue weighted by Gasteiger charge is 2.01. The van der Waals surface area contributed by atoms with E-state index in [2.05, 4.69) is 5.32 Å². The van der Waals surface area contributed by atoms with Gasteiger partial charge in [-0.2, -0.15) is 0 Å². The van der Waals surface area contributed by atoms with Gasteiger partial charge in [0.05, 0.1) is 13.2 Å². The van der Waals surface area contributed by atoms with Crippen LogP contribution in [0.15, 0.2) is 30.3 Å². The minimum absolute atomic E-state index is 0.249. The van der Waals surface area contributed by atoms with Gasteiger partial charge in [-0.25, -0.2) is 4.79 Å². The van der Waals surface area contributed by atoms with Crippen molar-refractivity contribution in [3.63, 3.8) is 0 Å². The van der Waals surface area contributed by atoms with E-state index in [0.717, 1.165) is 11.8 Å². The molecule has 0 aromatic heterocycles. The molecule has 0 saturated carbocycles. The van der Waals surface area contributed by atoms with Gasteiger partial charge in [-0.3, -0.25) is 0 Å². The third-order valence-corrected chi connectivity index (χ3v) is 2.11. The van der Waals surface area contributed by atoms with Gasteiger partial charge in [0.2, 0.25) is 0 Å². The van der Waals surface area contributed by atoms with Gasteiger partial charge in [0.15, 0.2) is 0 Å². The summed E-state index contributed by atoms with van der Waals surface area (Å²) in [5.41, 5.74) is 0.940. The summed E-state index contributed by atoms with van der Waals surface area (Å²) in [6.07, 6.45) is 0.692. The molecule has 0 aliphatic carbocycles. The molecule has 1 amide bonds. The first kappa shape index (κ1) is 14.2. The Morgan fingerprint density at radius 3 is 2.72 bits per heavy atom.